The molecular weight excluding hydrogens is 447 g/mol. The second-order valence-corrected chi connectivity index (χ2v) is 8.29. The van der Waals surface area contributed by atoms with Crippen LogP contribution in [0.1, 0.15) is 29.4 Å². The zero-order valence-electron chi connectivity index (χ0n) is 19.0. The topological polar surface area (TPSA) is 65.6 Å². The molecule has 1 aliphatic rings. The molecule has 0 saturated carbocycles. The van der Waals surface area contributed by atoms with Gasteiger partial charge in [0.2, 0.25) is 5.91 Å². The smallest absolute Gasteiger partial charge is 0.387 e. The molecule has 0 unspecified atom stereocenters. The number of halogens is 3. The van der Waals surface area contributed by atoms with Gasteiger partial charge in [0.1, 0.15) is 11.4 Å². The monoisotopic (exact) mass is 471 g/mol. The Labute approximate surface area is 194 Å². The van der Waals surface area contributed by atoms with E-state index in [2.05, 4.69) is 4.98 Å². The normalized spacial score (nSPS) is 13.9. The van der Waals surface area contributed by atoms with Crippen molar-refractivity contribution >= 4 is 28.3 Å². The van der Waals surface area contributed by atoms with Gasteiger partial charge in [-0.1, -0.05) is 24.3 Å². The molecule has 4 rings (SSSR count). The molecule has 0 spiro atoms. The molecule has 1 N–H and O–H groups in total. The van der Waals surface area contributed by atoms with Gasteiger partial charge in [0, 0.05) is 50.6 Å². The van der Waals surface area contributed by atoms with E-state index < -0.39 is 12.4 Å². The largest absolute Gasteiger partial charge is 0.434 e. The van der Waals surface area contributed by atoms with Crippen molar-refractivity contribution in [3.63, 3.8) is 0 Å². The van der Waals surface area contributed by atoms with E-state index in [0.717, 1.165) is 0 Å². The fourth-order valence-corrected chi connectivity index (χ4v) is 4.17. The lowest BCUT2D eigenvalue weighted by atomic mass is 9.93. The number of fused-ring (bicyclic) bond motifs is 1. The highest BCUT2D eigenvalue weighted by molar-refractivity contribution is 6.05. The number of ether oxygens (including phenoxy) is 1. The number of benzene rings is 2. The van der Waals surface area contributed by atoms with Gasteiger partial charge in [-0.2, -0.15) is 8.78 Å². The fraction of sp³-hybridized carbons (Fsp3) is 0.280. The Morgan fingerprint density at radius 2 is 1.85 bits per heavy atom. The molecule has 34 heavy (non-hydrogen) atoms. The van der Waals surface area contributed by atoms with Crippen LogP contribution >= 0.6 is 0 Å². The summed E-state index contributed by atoms with van der Waals surface area (Å²) in [6.45, 7) is -0.837. The average Bonchev–Trinajstić information content (AvgIpc) is 3.25. The number of aromatic nitrogens is 1. The van der Waals surface area contributed by atoms with Gasteiger partial charge >= 0.3 is 6.61 Å². The summed E-state index contributed by atoms with van der Waals surface area (Å²) in [5.74, 6) is -1.14. The number of H-pyrrole nitrogens is 1. The van der Waals surface area contributed by atoms with Crippen LogP contribution in [0.15, 0.2) is 42.5 Å². The van der Waals surface area contributed by atoms with Crippen LogP contribution in [0.5, 0.6) is 5.75 Å². The summed E-state index contributed by atoms with van der Waals surface area (Å²) in [6, 6.07) is 9.32. The van der Waals surface area contributed by atoms with E-state index in [-0.39, 0.29) is 40.9 Å². The van der Waals surface area contributed by atoms with Gasteiger partial charge < -0.3 is 19.5 Å². The molecule has 0 atom stereocenters. The Balaban J connectivity index is 1.97. The minimum absolute atomic E-state index is 0.0685. The maximum Gasteiger partial charge on any atom is 0.387 e. The lowest BCUT2D eigenvalue weighted by Gasteiger charge is -2.27. The first-order chi connectivity index (χ1) is 16.2. The number of para-hydroxylation sites is 1. The lowest BCUT2D eigenvalue weighted by Crippen LogP contribution is -2.33. The van der Waals surface area contributed by atoms with E-state index in [1.807, 2.05) is 6.08 Å². The van der Waals surface area contributed by atoms with Gasteiger partial charge in [0.05, 0.1) is 5.52 Å². The molecule has 0 aliphatic carbocycles. The highest BCUT2D eigenvalue weighted by atomic mass is 19.3. The first kappa shape index (κ1) is 23.4. The van der Waals surface area contributed by atoms with Crippen LogP contribution in [0, 0.1) is 5.82 Å². The number of alkyl halides is 2. The Kier molecular flexibility index (Phi) is 6.37. The Bertz CT molecular complexity index is 1300. The summed E-state index contributed by atoms with van der Waals surface area (Å²) in [4.78, 5) is 30.3. The van der Waals surface area contributed by atoms with Gasteiger partial charge in [-0.3, -0.25) is 9.59 Å². The lowest BCUT2D eigenvalue weighted by molar-refractivity contribution is -0.128. The molecule has 0 radical (unpaired) electrons. The van der Waals surface area contributed by atoms with Crippen molar-refractivity contribution in [3.05, 3.63) is 59.5 Å². The Morgan fingerprint density at radius 1 is 1.12 bits per heavy atom. The van der Waals surface area contributed by atoms with Crippen LogP contribution in [0.2, 0.25) is 0 Å². The molecule has 2 aromatic carbocycles. The van der Waals surface area contributed by atoms with Gasteiger partial charge in [0.15, 0.2) is 5.82 Å². The van der Waals surface area contributed by atoms with E-state index in [0.29, 0.717) is 35.1 Å². The number of hydrogen-bond acceptors (Lipinski definition) is 3. The highest BCUT2D eigenvalue weighted by Crippen LogP contribution is 2.40. The predicted octanol–water partition coefficient (Wildman–Crippen LogP) is 4.91. The number of nitrogens with one attached hydrogen (secondary N) is 1. The average molecular weight is 471 g/mol. The van der Waals surface area contributed by atoms with Crippen molar-refractivity contribution < 1.29 is 27.5 Å². The second-order valence-electron chi connectivity index (χ2n) is 8.29. The SMILES string of the molecule is CC(=O)N1CCC=C(c2cc(-c3ccccc3OC(F)F)c3cc(C(=O)N(C)C)[nH]c3c2F)C1. The molecule has 1 aromatic heterocycles. The zero-order chi connectivity index (χ0) is 24.6. The molecule has 2 heterocycles. The van der Waals surface area contributed by atoms with Crippen LogP contribution in [0.4, 0.5) is 13.2 Å². The Morgan fingerprint density at radius 3 is 2.53 bits per heavy atom. The van der Waals surface area contributed by atoms with Gasteiger partial charge in [0.25, 0.3) is 5.91 Å². The van der Waals surface area contributed by atoms with Crippen molar-refractivity contribution in [1.29, 1.82) is 0 Å². The van der Waals surface area contributed by atoms with Crippen molar-refractivity contribution in [3.8, 4) is 16.9 Å². The molecule has 2 amide bonds. The fourth-order valence-electron chi connectivity index (χ4n) is 4.17. The number of amides is 2. The van der Waals surface area contributed by atoms with E-state index in [1.165, 1.54) is 24.0 Å². The van der Waals surface area contributed by atoms with Crippen molar-refractivity contribution in [1.82, 2.24) is 14.8 Å². The number of nitrogens with zero attached hydrogens (tertiary/aromatic N) is 2. The summed E-state index contributed by atoms with van der Waals surface area (Å²) in [6.07, 6.45) is 2.42. The number of hydrogen-bond donors (Lipinski definition) is 1. The predicted molar refractivity (Wildman–Crippen MR) is 123 cm³/mol. The van der Waals surface area contributed by atoms with E-state index >= 15 is 4.39 Å². The molecule has 3 aromatic rings. The molecule has 0 saturated heterocycles. The van der Waals surface area contributed by atoms with Crippen molar-refractivity contribution in [2.45, 2.75) is 20.0 Å². The first-order valence-corrected chi connectivity index (χ1v) is 10.7. The molecule has 0 fully saturated rings. The summed E-state index contributed by atoms with van der Waals surface area (Å²) in [5.41, 5.74) is 1.82. The maximum absolute atomic E-state index is 15.8. The second kappa shape index (κ2) is 9.24. The minimum atomic E-state index is -3.04. The van der Waals surface area contributed by atoms with Gasteiger partial charge in [-0.25, -0.2) is 4.39 Å². The molecule has 1 aliphatic heterocycles. The third-order valence-corrected chi connectivity index (χ3v) is 5.82. The standard InChI is InChI=1S/C25H24F3N3O3/c1-14(32)31-10-6-7-15(13-31)17-11-18(16-8-4-5-9-21(16)34-25(27)28)19-12-20(24(33)30(2)3)29-23(19)22(17)26/h4-5,7-9,11-12,25,29H,6,10,13H2,1-3H3. The number of carbonyl (C=O) groups excluding carboxylic acids is 2. The van der Waals surface area contributed by atoms with Crippen LogP contribution in [0.25, 0.3) is 27.6 Å². The van der Waals surface area contributed by atoms with Crippen molar-refractivity contribution in [2.75, 3.05) is 27.2 Å². The third-order valence-electron chi connectivity index (χ3n) is 5.82. The molecular formula is C25H24F3N3O3. The number of carbonyl (C=O) groups is 2. The number of rotatable bonds is 5. The summed E-state index contributed by atoms with van der Waals surface area (Å²) < 4.78 is 46.7. The third kappa shape index (κ3) is 4.37. The highest BCUT2D eigenvalue weighted by Gasteiger charge is 2.25. The summed E-state index contributed by atoms with van der Waals surface area (Å²) >= 11 is 0. The van der Waals surface area contributed by atoms with Crippen LogP contribution in [-0.2, 0) is 4.79 Å². The molecule has 178 valence electrons. The zero-order valence-corrected chi connectivity index (χ0v) is 19.0. The van der Waals surface area contributed by atoms with Crippen molar-refractivity contribution in [2.24, 2.45) is 0 Å². The van der Waals surface area contributed by atoms with Gasteiger partial charge in [-0.05, 0) is 35.8 Å². The van der Waals surface area contributed by atoms with Crippen LogP contribution in [0.3, 0.4) is 0 Å². The summed E-state index contributed by atoms with van der Waals surface area (Å²) in [5, 5.41) is 0.358. The summed E-state index contributed by atoms with van der Waals surface area (Å²) in [7, 11) is 3.15. The minimum Gasteiger partial charge on any atom is -0.434 e. The van der Waals surface area contributed by atoms with E-state index in [4.69, 9.17) is 4.74 Å². The van der Waals surface area contributed by atoms with Crippen LogP contribution in [-0.4, -0.2) is 60.4 Å². The molecule has 0 bridgehead atoms. The molecule has 6 nitrogen and oxygen atoms in total. The quantitative estimate of drug-likeness (QED) is 0.575. The first-order valence-electron chi connectivity index (χ1n) is 10.7. The van der Waals surface area contributed by atoms with E-state index in [9.17, 15) is 18.4 Å². The maximum atomic E-state index is 15.8. The van der Waals surface area contributed by atoms with E-state index in [1.54, 1.807) is 43.3 Å². The Hall–Kier alpha value is -3.75. The molecule has 9 heteroatoms. The van der Waals surface area contributed by atoms with Gasteiger partial charge in [-0.15, -0.1) is 0 Å². The van der Waals surface area contributed by atoms with Crippen LogP contribution < -0.4 is 4.74 Å². The number of aromatic amines is 1.